The minimum Gasteiger partial charge on any atom is -0.394 e. The Kier molecular flexibility index (Phi) is 3.36. The average Bonchev–Trinajstić information content (AvgIpc) is 2.90. The predicted molar refractivity (Wildman–Crippen MR) is 71.5 cm³/mol. The molecule has 3 rings (SSSR count). The van der Waals surface area contributed by atoms with Gasteiger partial charge in [-0.2, -0.15) is 0 Å². The lowest BCUT2D eigenvalue weighted by atomic mass is 10.1. The van der Waals surface area contributed by atoms with Gasteiger partial charge in [-0.05, 0) is 15.9 Å². The zero-order chi connectivity index (χ0) is 14.4. The zero-order valence-corrected chi connectivity index (χ0v) is 11.7. The van der Waals surface area contributed by atoms with Gasteiger partial charge in [-0.25, -0.2) is 14.4 Å². The SMILES string of the molecule is Nc1ncnc2c1c(Br)cn2[C@@H]1O[C@H](CO)[C@@H](O)[C@H]1F. The molecule has 20 heavy (non-hydrogen) atoms. The van der Waals surface area contributed by atoms with Gasteiger partial charge in [0.25, 0.3) is 0 Å². The van der Waals surface area contributed by atoms with Crippen molar-refractivity contribution in [2.45, 2.75) is 24.6 Å². The third-order valence-corrected chi connectivity index (χ3v) is 3.94. The Morgan fingerprint density at radius 1 is 1.50 bits per heavy atom. The summed E-state index contributed by atoms with van der Waals surface area (Å²) in [5.41, 5.74) is 6.16. The highest BCUT2D eigenvalue weighted by Gasteiger charge is 2.45. The third-order valence-electron chi connectivity index (χ3n) is 3.34. The van der Waals surface area contributed by atoms with Crippen molar-refractivity contribution in [3.05, 3.63) is 17.0 Å². The van der Waals surface area contributed by atoms with Crippen molar-refractivity contribution >= 4 is 32.8 Å². The molecule has 0 amide bonds. The average molecular weight is 347 g/mol. The van der Waals surface area contributed by atoms with Crippen LogP contribution in [0.3, 0.4) is 0 Å². The number of rotatable bonds is 2. The molecule has 7 nitrogen and oxygen atoms in total. The number of aliphatic hydroxyl groups excluding tert-OH is 2. The van der Waals surface area contributed by atoms with Crippen LogP contribution in [0.4, 0.5) is 10.2 Å². The molecule has 2 aromatic rings. The number of ether oxygens (including phenoxy) is 1. The molecule has 0 aliphatic carbocycles. The van der Waals surface area contributed by atoms with Crippen molar-refractivity contribution in [2.75, 3.05) is 12.3 Å². The van der Waals surface area contributed by atoms with E-state index in [9.17, 15) is 9.50 Å². The Morgan fingerprint density at radius 2 is 2.25 bits per heavy atom. The smallest absolute Gasteiger partial charge is 0.173 e. The number of anilines is 1. The van der Waals surface area contributed by atoms with E-state index in [4.69, 9.17) is 15.6 Å². The highest BCUT2D eigenvalue weighted by molar-refractivity contribution is 9.10. The molecule has 1 fully saturated rings. The highest BCUT2D eigenvalue weighted by Crippen LogP contribution is 2.37. The molecular formula is C11H12BrFN4O3. The van der Waals surface area contributed by atoms with Gasteiger partial charge < -0.3 is 25.3 Å². The molecule has 108 valence electrons. The fourth-order valence-corrected chi connectivity index (χ4v) is 2.94. The second kappa shape index (κ2) is 4.92. The van der Waals surface area contributed by atoms with Crippen LogP contribution in [0.1, 0.15) is 6.23 Å². The van der Waals surface area contributed by atoms with Crippen LogP contribution >= 0.6 is 15.9 Å². The first-order valence-electron chi connectivity index (χ1n) is 5.89. The van der Waals surface area contributed by atoms with Gasteiger partial charge in [0.15, 0.2) is 12.4 Å². The molecule has 0 spiro atoms. The van der Waals surface area contributed by atoms with Gasteiger partial charge in [0.05, 0.1) is 12.0 Å². The summed E-state index contributed by atoms with van der Waals surface area (Å²) in [6.07, 6.45) is -2.27. The summed E-state index contributed by atoms with van der Waals surface area (Å²) in [5.74, 6) is 0.258. The lowest BCUT2D eigenvalue weighted by Crippen LogP contribution is -2.30. The number of aliphatic hydroxyl groups is 2. The van der Waals surface area contributed by atoms with E-state index in [0.29, 0.717) is 15.5 Å². The summed E-state index contributed by atoms with van der Waals surface area (Å²) >= 11 is 3.31. The van der Waals surface area contributed by atoms with Crippen LogP contribution in [-0.2, 0) is 4.74 Å². The van der Waals surface area contributed by atoms with Crippen molar-refractivity contribution in [3.63, 3.8) is 0 Å². The number of aromatic nitrogens is 3. The van der Waals surface area contributed by atoms with Gasteiger partial charge in [0.1, 0.15) is 30.0 Å². The zero-order valence-electron chi connectivity index (χ0n) is 10.1. The van der Waals surface area contributed by atoms with Crippen LogP contribution in [0.2, 0.25) is 0 Å². The van der Waals surface area contributed by atoms with Crippen molar-refractivity contribution in [1.29, 1.82) is 0 Å². The van der Waals surface area contributed by atoms with Crippen LogP contribution in [-0.4, -0.2) is 49.7 Å². The Labute approximate surface area is 121 Å². The quantitative estimate of drug-likeness (QED) is 0.725. The first-order valence-corrected chi connectivity index (χ1v) is 6.69. The summed E-state index contributed by atoms with van der Waals surface area (Å²) in [6.45, 7) is -0.463. The van der Waals surface area contributed by atoms with Crippen LogP contribution in [0.5, 0.6) is 0 Å². The minimum atomic E-state index is -1.68. The maximum absolute atomic E-state index is 14.1. The molecule has 0 saturated carbocycles. The van der Waals surface area contributed by atoms with Gasteiger partial charge in [0, 0.05) is 10.7 Å². The number of nitrogen functional groups attached to an aromatic ring is 1. The van der Waals surface area contributed by atoms with Gasteiger partial charge in [0.2, 0.25) is 0 Å². The summed E-state index contributed by atoms with van der Waals surface area (Å²) in [6, 6.07) is 0. The van der Waals surface area contributed by atoms with Crippen LogP contribution in [0, 0.1) is 0 Å². The first-order chi connectivity index (χ1) is 9.54. The van der Waals surface area contributed by atoms with E-state index in [1.807, 2.05) is 0 Å². The van der Waals surface area contributed by atoms with Crippen molar-refractivity contribution in [3.8, 4) is 0 Å². The van der Waals surface area contributed by atoms with Crippen LogP contribution < -0.4 is 5.73 Å². The molecule has 1 aliphatic heterocycles. The molecule has 0 bridgehead atoms. The largest absolute Gasteiger partial charge is 0.394 e. The summed E-state index contributed by atoms with van der Waals surface area (Å²) in [4.78, 5) is 7.94. The minimum absolute atomic E-state index is 0.258. The van der Waals surface area contributed by atoms with Gasteiger partial charge in [-0.1, -0.05) is 0 Å². The molecule has 0 unspecified atom stereocenters. The lowest BCUT2D eigenvalue weighted by molar-refractivity contribution is -0.0457. The fraction of sp³-hybridized carbons (Fsp3) is 0.455. The van der Waals surface area contributed by atoms with Crippen molar-refractivity contribution in [2.24, 2.45) is 0 Å². The Bertz CT molecular complexity index is 652. The van der Waals surface area contributed by atoms with Crippen LogP contribution in [0.15, 0.2) is 17.0 Å². The van der Waals surface area contributed by atoms with E-state index in [1.165, 1.54) is 10.9 Å². The van der Waals surface area contributed by atoms with Gasteiger partial charge in [-0.3, -0.25) is 0 Å². The lowest BCUT2D eigenvalue weighted by Gasteiger charge is -2.15. The summed E-state index contributed by atoms with van der Waals surface area (Å²) in [7, 11) is 0. The molecule has 4 atom stereocenters. The number of fused-ring (bicyclic) bond motifs is 1. The molecule has 1 aliphatic rings. The molecule has 1 saturated heterocycles. The van der Waals surface area contributed by atoms with Crippen molar-refractivity contribution in [1.82, 2.24) is 14.5 Å². The number of halogens is 2. The molecule has 0 radical (unpaired) electrons. The number of hydrogen-bond donors (Lipinski definition) is 3. The Balaban J connectivity index is 2.10. The van der Waals surface area contributed by atoms with E-state index >= 15 is 0 Å². The summed E-state index contributed by atoms with van der Waals surface area (Å²) < 4.78 is 21.5. The number of nitrogens with zero attached hydrogens (tertiary/aromatic N) is 3. The molecule has 4 N–H and O–H groups in total. The van der Waals surface area contributed by atoms with Gasteiger partial charge >= 0.3 is 0 Å². The normalized spacial score (nSPS) is 30.2. The first kappa shape index (κ1) is 13.7. The standard InChI is InChI=1S/C11H12BrFN4O3/c12-4-1-17(10-6(4)9(14)15-3-16-10)11-7(13)8(19)5(2-18)20-11/h1,3,5,7-8,11,18-19H,2H2,(H2,14,15,16)/t5-,7-,8-,11-/m1/s1. The molecular weight excluding hydrogens is 335 g/mol. The molecule has 2 aromatic heterocycles. The van der Waals surface area contributed by atoms with E-state index in [2.05, 4.69) is 25.9 Å². The topological polar surface area (TPSA) is 106 Å². The van der Waals surface area contributed by atoms with E-state index in [0.717, 1.165) is 0 Å². The number of nitrogens with two attached hydrogens (primary N) is 1. The van der Waals surface area contributed by atoms with E-state index in [-0.39, 0.29) is 5.82 Å². The summed E-state index contributed by atoms with van der Waals surface area (Å²) in [5, 5.41) is 19.3. The number of alkyl halides is 1. The van der Waals surface area contributed by atoms with Gasteiger partial charge in [-0.15, -0.1) is 0 Å². The highest BCUT2D eigenvalue weighted by atomic mass is 79.9. The second-order valence-electron chi connectivity index (χ2n) is 4.52. The second-order valence-corrected chi connectivity index (χ2v) is 5.38. The van der Waals surface area contributed by atoms with Crippen molar-refractivity contribution < 1.29 is 19.3 Å². The predicted octanol–water partition coefficient (Wildman–Crippen LogP) is 0.365. The van der Waals surface area contributed by atoms with E-state index < -0.39 is 31.2 Å². The number of hydrogen-bond acceptors (Lipinski definition) is 6. The molecule has 9 heteroatoms. The van der Waals surface area contributed by atoms with E-state index in [1.54, 1.807) is 6.20 Å². The third kappa shape index (κ3) is 1.89. The molecule has 3 heterocycles. The fourth-order valence-electron chi connectivity index (χ4n) is 2.33. The maximum atomic E-state index is 14.1. The maximum Gasteiger partial charge on any atom is 0.173 e. The Morgan fingerprint density at radius 3 is 2.90 bits per heavy atom. The Hall–Kier alpha value is -1.29. The van der Waals surface area contributed by atoms with Crippen LogP contribution in [0.25, 0.3) is 11.0 Å². The molecule has 0 aromatic carbocycles. The monoisotopic (exact) mass is 346 g/mol.